The maximum Gasteiger partial charge on any atom is -0.00230 e. The van der Waals surface area contributed by atoms with E-state index in [4.69, 9.17) is 5.21 Å². The minimum Gasteiger partial charge on any atom is -0.320 e. The lowest BCUT2D eigenvalue weighted by Gasteiger charge is -1.89. The predicted molar refractivity (Wildman–Crippen MR) is 40.5 cm³/mol. The molecule has 2 heteroatoms. The van der Waals surface area contributed by atoms with Crippen molar-refractivity contribution in [2.24, 2.45) is 5.90 Å². The van der Waals surface area contributed by atoms with Gasteiger partial charge in [-0.2, -0.15) is 0 Å². The van der Waals surface area contributed by atoms with Crippen molar-refractivity contribution in [2.75, 3.05) is 0 Å². The van der Waals surface area contributed by atoms with E-state index in [1.807, 2.05) is 0 Å². The number of fused-ring (bicyclic) bond motifs is 2. The molecule has 10 heavy (non-hydrogen) atoms. The zero-order chi connectivity index (χ0) is 7.56. The van der Waals surface area contributed by atoms with Crippen LogP contribution in [-0.4, -0.2) is 5.21 Å². The van der Waals surface area contributed by atoms with Crippen molar-refractivity contribution in [3.8, 4) is 0 Å². The molecule has 0 saturated heterocycles. The summed E-state index contributed by atoms with van der Waals surface area (Å²) in [6.07, 6.45) is 7.87. The summed E-state index contributed by atoms with van der Waals surface area (Å²) in [5.41, 5.74) is 4.46. The fraction of sp³-hybridized carbons (Fsp3) is 0.250. The molecule has 54 valence electrons. The van der Waals surface area contributed by atoms with Gasteiger partial charge in [0.05, 0.1) is 0 Å². The van der Waals surface area contributed by atoms with Crippen LogP contribution in [0.5, 0.6) is 0 Å². The summed E-state index contributed by atoms with van der Waals surface area (Å²) in [5.74, 6) is 3.50. The van der Waals surface area contributed by atoms with Gasteiger partial charge in [-0.1, -0.05) is 18.2 Å². The van der Waals surface area contributed by atoms with E-state index in [-0.39, 0.29) is 0 Å². The van der Waals surface area contributed by atoms with Crippen LogP contribution in [0.4, 0.5) is 0 Å². The minimum absolute atomic E-state index is 1.20. The molecule has 0 aromatic rings. The number of nitrogens with two attached hydrogens (primary N) is 1. The summed E-state index contributed by atoms with van der Waals surface area (Å²) in [4.78, 5) is 0. The standard InChI is InChI=1S/C8H8.H3NO/c1-6-4-7-2-3-8(6)5-7;1-2/h2-4H,5H2,1H3;2H,1H2. The molecule has 0 amide bonds. The topological polar surface area (TPSA) is 46.2 Å². The highest BCUT2D eigenvalue weighted by Crippen LogP contribution is 2.32. The third kappa shape index (κ3) is 1.03. The van der Waals surface area contributed by atoms with E-state index in [1.54, 1.807) is 0 Å². The first-order valence-electron chi connectivity index (χ1n) is 3.20. The Morgan fingerprint density at radius 3 is 2.30 bits per heavy atom. The van der Waals surface area contributed by atoms with Crippen LogP contribution in [0.25, 0.3) is 0 Å². The zero-order valence-corrected chi connectivity index (χ0v) is 5.96. The third-order valence-corrected chi connectivity index (χ3v) is 1.80. The fourth-order valence-corrected chi connectivity index (χ4v) is 1.29. The maximum atomic E-state index is 6.50. The van der Waals surface area contributed by atoms with Gasteiger partial charge in [0.1, 0.15) is 0 Å². The smallest absolute Gasteiger partial charge is 0.00230 e. The average Bonchev–Trinajstić information content (AvgIpc) is 2.52. The summed E-state index contributed by atoms with van der Waals surface area (Å²) >= 11 is 0. The summed E-state index contributed by atoms with van der Waals surface area (Å²) in [6.45, 7) is 2.17. The van der Waals surface area contributed by atoms with Gasteiger partial charge in [-0.25, -0.2) is 5.90 Å². The van der Waals surface area contributed by atoms with Gasteiger partial charge in [0.2, 0.25) is 0 Å². The number of allylic oxidation sites excluding steroid dienone is 6. The lowest BCUT2D eigenvalue weighted by atomic mass is 10.2. The summed E-state index contributed by atoms with van der Waals surface area (Å²) in [7, 11) is 0. The second-order valence-electron chi connectivity index (χ2n) is 2.44. The Labute approximate surface area is 60.3 Å². The van der Waals surface area contributed by atoms with E-state index < -0.39 is 0 Å². The molecule has 0 spiro atoms. The second kappa shape index (κ2) is 2.82. The highest BCUT2D eigenvalue weighted by molar-refractivity contribution is 5.53. The Morgan fingerprint density at radius 1 is 1.40 bits per heavy atom. The lowest BCUT2D eigenvalue weighted by Crippen LogP contribution is -1.72. The summed E-state index contributed by atoms with van der Waals surface area (Å²) < 4.78 is 0. The molecule has 0 fully saturated rings. The van der Waals surface area contributed by atoms with Crippen LogP contribution in [0, 0.1) is 0 Å². The Balaban J connectivity index is 0.000000231. The van der Waals surface area contributed by atoms with Crippen LogP contribution in [0.1, 0.15) is 13.3 Å². The number of hydrogen-bond donors (Lipinski definition) is 2. The van der Waals surface area contributed by atoms with Crippen LogP contribution in [0.2, 0.25) is 0 Å². The normalized spacial score (nSPS) is 18.9. The first-order chi connectivity index (χ1) is 4.86. The molecule has 2 nitrogen and oxygen atoms in total. The summed E-state index contributed by atoms with van der Waals surface area (Å²) in [5, 5.41) is 6.50. The molecule has 0 unspecified atom stereocenters. The zero-order valence-electron chi connectivity index (χ0n) is 5.96. The molecule has 2 aliphatic carbocycles. The fourth-order valence-electron chi connectivity index (χ4n) is 1.29. The SMILES string of the molecule is CC1=C2C=CC(=C1)C2.NO. The van der Waals surface area contributed by atoms with Crippen LogP contribution in [-0.2, 0) is 0 Å². The quantitative estimate of drug-likeness (QED) is 0.497. The average molecular weight is 137 g/mol. The van der Waals surface area contributed by atoms with Gasteiger partial charge in [-0.15, -0.1) is 0 Å². The molecular weight excluding hydrogens is 126 g/mol. The van der Waals surface area contributed by atoms with Crippen LogP contribution >= 0.6 is 0 Å². The van der Waals surface area contributed by atoms with E-state index in [9.17, 15) is 0 Å². The first kappa shape index (κ1) is 7.25. The number of rotatable bonds is 0. The van der Waals surface area contributed by atoms with Crippen molar-refractivity contribution in [1.29, 1.82) is 0 Å². The van der Waals surface area contributed by atoms with Crippen molar-refractivity contribution < 1.29 is 5.21 Å². The molecule has 0 aliphatic heterocycles. The monoisotopic (exact) mass is 137 g/mol. The molecule has 0 heterocycles. The molecule has 0 aromatic heterocycles. The molecule has 3 N–H and O–H groups in total. The Bertz CT molecular complexity index is 223. The van der Waals surface area contributed by atoms with Crippen LogP contribution in [0.15, 0.2) is 34.9 Å². The molecule has 2 bridgehead atoms. The van der Waals surface area contributed by atoms with Gasteiger partial charge in [-0.3, -0.25) is 0 Å². The summed E-state index contributed by atoms with van der Waals surface area (Å²) in [6, 6.07) is 0. The second-order valence-corrected chi connectivity index (χ2v) is 2.44. The van der Waals surface area contributed by atoms with Gasteiger partial charge in [0, 0.05) is 0 Å². The van der Waals surface area contributed by atoms with E-state index in [2.05, 4.69) is 31.0 Å². The Kier molecular flexibility index (Phi) is 2.04. The van der Waals surface area contributed by atoms with E-state index >= 15 is 0 Å². The Hall–Kier alpha value is -0.860. The lowest BCUT2D eigenvalue weighted by molar-refractivity contribution is 0.311. The molecule has 2 aliphatic rings. The Morgan fingerprint density at radius 2 is 2.10 bits per heavy atom. The molecule has 0 radical (unpaired) electrons. The van der Waals surface area contributed by atoms with Gasteiger partial charge in [0.15, 0.2) is 0 Å². The largest absolute Gasteiger partial charge is 0.320 e. The highest BCUT2D eigenvalue weighted by atomic mass is 16.4. The van der Waals surface area contributed by atoms with Crippen molar-refractivity contribution in [1.82, 2.24) is 0 Å². The van der Waals surface area contributed by atoms with E-state index in [1.165, 1.54) is 23.1 Å². The molecule has 0 atom stereocenters. The van der Waals surface area contributed by atoms with Crippen molar-refractivity contribution in [3.63, 3.8) is 0 Å². The van der Waals surface area contributed by atoms with Gasteiger partial charge in [-0.05, 0) is 30.1 Å². The first-order valence-corrected chi connectivity index (χ1v) is 3.20. The number of hydrogen-bond acceptors (Lipinski definition) is 2. The van der Waals surface area contributed by atoms with Crippen molar-refractivity contribution >= 4 is 0 Å². The van der Waals surface area contributed by atoms with E-state index in [0.29, 0.717) is 0 Å². The van der Waals surface area contributed by atoms with Crippen molar-refractivity contribution in [3.05, 3.63) is 34.9 Å². The molecule has 0 aromatic carbocycles. The molecule has 0 saturated carbocycles. The van der Waals surface area contributed by atoms with E-state index in [0.717, 1.165) is 0 Å². The minimum atomic E-state index is 1.20. The molecule has 2 rings (SSSR count). The molecular formula is C8H11NO. The van der Waals surface area contributed by atoms with Crippen molar-refractivity contribution in [2.45, 2.75) is 13.3 Å². The van der Waals surface area contributed by atoms with Gasteiger partial charge < -0.3 is 5.21 Å². The predicted octanol–water partition coefficient (Wildman–Crippen LogP) is 1.54. The third-order valence-electron chi connectivity index (χ3n) is 1.80. The van der Waals surface area contributed by atoms with Gasteiger partial charge >= 0.3 is 0 Å². The maximum absolute atomic E-state index is 6.50. The van der Waals surface area contributed by atoms with Gasteiger partial charge in [0.25, 0.3) is 0 Å². The van der Waals surface area contributed by atoms with Crippen LogP contribution in [0.3, 0.4) is 0 Å². The van der Waals surface area contributed by atoms with Crippen LogP contribution < -0.4 is 5.90 Å². The highest BCUT2D eigenvalue weighted by Gasteiger charge is 2.13.